The van der Waals surface area contributed by atoms with Gasteiger partial charge in [0.25, 0.3) is 0 Å². The summed E-state index contributed by atoms with van der Waals surface area (Å²) in [6.45, 7) is 1.55. The average Bonchev–Trinajstić information content (AvgIpc) is 2.51. The van der Waals surface area contributed by atoms with Crippen LogP contribution in [0.25, 0.3) is 0 Å². The van der Waals surface area contributed by atoms with Gasteiger partial charge in [-0.25, -0.2) is 0 Å². The Bertz CT molecular complexity index is 284. The highest BCUT2D eigenvalue weighted by atomic mass is 16.6. The molecule has 0 saturated heterocycles. The van der Waals surface area contributed by atoms with Crippen molar-refractivity contribution < 1.29 is 10.0 Å². The fraction of sp³-hybridized carbons (Fsp3) is 0.600. The van der Waals surface area contributed by atoms with Crippen molar-refractivity contribution in [2.24, 2.45) is 0 Å². The zero-order valence-electron chi connectivity index (χ0n) is 6.41. The topological polar surface area (TPSA) is 94.1 Å². The Kier molecular flexibility index (Phi) is 2.34. The summed E-state index contributed by atoms with van der Waals surface area (Å²) in [7, 11) is 0. The number of aliphatic hydroxyl groups excluding tert-OH is 1. The molecule has 0 fully saturated rings. The standard InChI is InChI=1S/C5H8N4O3/c1-4(2-10)8-3-6-5(7-8)9(11)12/h3-4,10H,2H2,1H3. The predicted molar refractivity (Wildman–Crippen MR) is 38.5 cm³/mol. The fourth-order valence-corrected chi connectivity index (χ4v) is 0.645. The molecule has 0 radical (unpaired) electrons. The van der Waals surface area contributed by atoms with Crippen molar-refractivity contribution in [3.8, 4) is 0 Å². The van der Waals surface area contributed by atoms with Crippen LogP contribution in [0.4, 0.5) is 5.95 Å². The highest BCUT2D eigenvalue weighted by Crippen LogP contribution is 2.05. The molecule has 0 aliphatic heterocycles. The van der Waals surface area contributed by atoms with Crippen LogP contribution in [0.15, 0.2) is 6.33 Å². The van der Waals surface area contributed by atoms with Gasteiger partial charge in [-0.1, -0.05) is 4.98 Å². The molecule has 1 N–H and O–H groups in total. The minimum absolute atomic E-state index is 0.124. The third-order valence-electron chi connectivity index (χ3n) is 1.38. The van der Waals surface area contributed by atoms with Gasteiger partial charge in [0.05, 0.1) is 12.6 Å². The lowest BCUT2D eigenvalue weighted by molar-refractivity contribution is -0.394. The molecule has 0 aliphatic rings. The summed E-state index contributed by atoms with van der Waals surface area (Å²) >= 11 is 0. The molecule has 0 saturated carbocycles. The van der Waals surface area contributed by atoms with Gasteiger partial charge in [0.2, 0.25) is 6.33 Å². The second kappa shape index (κ2) is 3.26. The van der Waals surface area contributed by atoms with E-state index in [1.54, 1.807) is 6.92 Å². The zero-order chi connectivity index (χ0) is 9.14. The number of hydrogen-bond acceptors (Lipinski definition) is 5. The van der Waals surface area contributed by atoms with Crippen LogP contribution in [-0.4, -0.2) is 31.4 Å². The summed E-state index contributed by atoms with van der Waals surface area (Å²) in [5.41, 5.74) is 0. The van der Waals surface area contributed by atoms with Crippen molar-refractivity contribution >= 4 is 5.95 Å². The molecule has 1 aromatic heterocycles. The maximum atomic E-state index is 10.1. The molecule has 1 heterocycles. The van der Waals surface area contributed by atoms with Crippen molar-refractivity contribution in [1.29, 1.82) is 0 Å². The number of aromatic nitrogens is 3. The summed E-state index contributed by atoms with van der Waals surface area (Å²) in [5, 5.41) is 22.3. The second-order valence-electron chi connectivity index (χ2n) is 2.31. The van der Waals surface area contributed by atoms with Gasteiger partial charge in [0.15, 0.2) is 0 Å². The predicted octanol–water partition coefficient (Wildman–Crippen LogP) is -0.260. The van der Waals surface area contributed by atoms with E-state index in [-0.39, 0.29) is 12.6 Å². The van der Waals surface area contributed by atoms with Crippen molar-refractivity contribution in [3.63, 3.8) is 0 Å². The van der Waals surface area contributed by atoms with Gasteiger partial charge in [0.1, 0.15) is 0 Å². The van der Waals surface area contributed by atoms with Crippen LogP contribution < -0.4 is 0 Å². The molecule has 0 spiro atoms. The van der Waals surface area contributed by atoms with Crippen molar-refractivity contribution in [3.05, 3.63) is 16.4 Å². The molecule has 0 aliphatic carbocycles. The molecule has 1 aromatic rings. The SMILES string of the molecule is CC(CO)n1cnc([N+](=O)[O-])n1. The normalized spacial score (nSPS) is 12.8. The van der Waals surface area contributed by atoms with Crippen LogP contribution >= 0.6 is 0 Å². The van der Waals surface area contributed by atoms with Crippen molar-refractivity contribution in [2.75, 3.05) is 6.61 Å². The Morgan fingerprint density at radius 3 is 3.00 bits per heavy atom. The van der Waals surface area contributed by atoms with Gasteiger partial charge in [-0.05, 0) is 11.8 Å². The lowest BCUT2D eigenvalue weighted by Gasteiger charge is -2.00. The molecular weight excluding hydrogens is 164 g/mol. The highest BCUT2D eigenvalue weighted by Gasteiger charge is 2.16. The van der Waals surface area contributed by atoms with E-state index in [1.807, 2.05) is 0 Å². The average molecular weight is 172 g/mol. The van der Waals surface area contributed by atoms with Gasteiger partial charge in [-0.15, -0.1) is 0 Å². The smallest absolute Gasteiger partial charge is 0.394 e. The maximum absolute atomic E-state index is 10.1. The quantitative estimate of drug-likeness (QED) is 0.500. The fourth-order valence-electron chi connectivity index (χ4n) is 0.645. The van der Waals surface area contributed by atoms with Crippen molar-refractivity contribution in [1.82, 2.24) is 14.8 Å². The van der Waals surface area contributed by atoms with Gasteiger partial charge in [-0.3, -0.25) is 0 Å². The number of hydrogen-bond donors (Lipinski definition) is 1. The van der Waals surface area contributed by atoms with E-state index in [1.165, 1.54) is 11.0 Å². The minimum Gasteiger partial charge on any atom is -0.394 e. The second-order valence-corrected chi connectivity index (χ2v) is 2.31. The Morgan fingerprint density at radius 1 is 1.92 bits per heavy atom. The first-order valence-electron chi connectivity index (χ1n) is 3.31. The van der Waals surface area contributed by atoms with Gasteiger partial charge >= 0.3 is 5.95 Å². The first-order valence-corrected chi connectivity index (χ1v) is 3.31. The molecule has 7 heteroatoms. The van der Waals surface area contributed by atoms with Crippen LogP contribution in [0.3, 0.4) is 0 Å². The molecule has 1 rings (SSSR count). The lowest BCUT2D eigenvalue weighted by atomic mass is 10.4. The highest BCUT2D eigenvalue weighted by molar-refractivity contribution is 4.97. The Labute approximate surface area is 67.8 Å². The number of nitro groups is 1. The number of nitrogens with zero attached hydrogens (tertiary/aromatic N) is 4. The largest absolute Gasteiger partial charge is 0.490 e. The zero-order valence-corrected chi connectivity index (χ0v) is 6.41. The molecule has 66 valence electrons. The minimum atomic E-state index is -0.680. The van der Waals surface area contributed by atoms with Gasteiger partial charge < -0.3 is 15.2 Å². The van der Waals surface area contributed by atoms with Crippen LogP contribution in [0.5, 0.6) is 0 Å². The van der Waals surface area contributed by atoms with Gasteiger partial charge in [0, 0.05) is 5.10 Å². The molecule has 0 amide bonds. The lowest BCUT2D eigenvalue weighted by Crippen LogP contribution is -2.09. The van der Waals surface area contributed by atoms with E-state index in [0.29, 0.717) is 0 Å². The van der Waals surface area contributed by atoms with Crippen molar-refractivity contribution in [2.45, 2.75) is 13.0 Å². The Morgan fingerprint density at radius 2 is 2.58 bits per heavy atom. The molecule has 1 atom stereocenters. The van der Waals surface area contributed by atoms with Crippen LogP contribution in [0.2, 0.25) is 0 Å². The molecule has 1 unspecified atom stereocenters. The van der Waals surface area contributed by atoms with E-state index in [9.17, 15) is 10.1 Å². The molecule has 0 aromatic carbocycles. The first kappa shape index (κ1) is 8.60. The van der Waals surface area contributed by atoms with Gasteiger partial charge in [-0.2, -0.15) is 4.68 Å². The third-order valence-corrected chi connectivity index (χ3v) is 1.38. The summed E-state index contributed by atoms with van der Waals surface area (Å²) < 4.78 is 1.25. The summed E-state index contributed by atoms with van der Waals surface area (Å²) in [6, 6.07) is -0.286. The van der Waals surface area contributed by atoms with E-state index in [4.69, 9.17) is 5.11 Å². The Hall–Kier alpha value is -1.50. The van der Waals surface area contributed by atoms with Crippen LogP contribution in [0, 0.1) is 10.1 Å². The van der Waals surface area contributed by atoms with E-state index >= 15 is 0 Å². The molecule has 12 heavy (non-hydrogen) atoms. The number of rotatable bonds is 3. The van der Waals surface area contributed by atoms with Crippen LogP contribution in [0.1, 0.15) is 13.0 Å². The number of aliphatic hydroxyl groups is 1. The summed E-state index contributed by atoms with van der Waals surface area (Å²) in [5.74, 6) is -0.449. The first-order chi connectivity index (χ1) is 5.65. The van der Waals surface area contributed by atoms with E-state index in [2.05, 4.69) is 10.1 Å². The molecule has 0 bridgehead atoms. The molecule has 7 nitrogen and oxygen atoms in total. The summed E-state index contributed by atoms with van der Waals surface area (Å²) in [6.07, 6.45) is 1.22. The monoisotopic (exact) mass is 172 g/mol. The maximum Gasteiger partial charge on any atom is 0.490 e. The molecular formula is C5H8N4O3. The Balaban J connectivity index is 2.84. The van der Waals surface area contributed by atoms with E-state index < -0.39 is 10.9 Å². The summed E-state index contributed by atoms with van der Waals surface area (Å²) in [4.78, 5) is 12.9. The third kappa shape index (κ3) is 1.56. The van der Waals surface area contributed by atoms with E-state index in [0.717, 1.165) is 0 Å². The van der Waals surface area contributed by atoms with Crippen LogP contribution in [-0.2, 0) is 0 Å².